The quantitative estimate of drug-likeness (QED) is 0.652. The van der Waals surface area contributed by atoms with Crippen molar-refractivity contribution in [3.05, 3.63) is 5.01 Å². The molecule has 1 aromatic heterocycles. The van der Waals surface area contributed by atoms with Gasteiger partial charge in [-0.3, -0.25) is 0 Å². The molecule has 6 heteroatoms. The Morgan fingerprint density at radius 3 is 3.00 bits per heavy atom. The highest BCUT2D eigenvalue weighted by atomic mass is 32.2. The molecule has 1 heterocycles. The van der Waals surface area contributed by atoms with Gasteiger partial charge in [-0.25, -0.2) is 0 Å². The number of oxime groups is 1. The van der Waals surface area contributed by atoms with Gasteiger partial charge in [-0.2, -0.15) is 0 Å². The van der Waals surface area contributed by atoms with Crippen molar-refractivity contribution in [3.63, 3.8) is 0 Å². The van der Waals surface area contributed by atoms with Crippen LogP contribution in [0.3, 0.4) is 0 Å². The Hall–Kier alpha value is -0.620. The van der Waals surface area contributed by atoms with Gasteiger partial charge in [-0.1, -0.05) is 28.3 Å². The van der Waals surface area contributed by atoms with Crippen LogP contribution in [-0.2, 0) is 0 Å². The molecule has 2 aliphatic carbocycles. The minimum atomic E-state index is 0.330. The lowest BCUT2D eigenvalue weighted by Gasteiger charge is -2.20. The third kappa shape index (κ3) is 1.64. The Morgan fingerprint density at radius 1 is 1.44 bits per heavy atom. The Labute approximate surface area is 102 Å². The standard InChI is InChI=1S/C10H13N3OS2/c1-5-11-12-10(15-5)16-9-7-3-2-6(4-7)8(9)13-14/h6-7,9,14H,2-4H2,1H3/b13-8-. The van der Waals surface area contributed by atoms with Crippen molar-refractivity contribution in [2.75, 3.05) is 0 Å². The maximum absolute atomic E-state index is 9.08. The van der Waals surface area contributed by atoms with Gasteiger partial charge < -0.3 is 5.21 Å². The van der Waals surface area contributed by atoms with Crippen LogP contribution < -0.4 is 0 Å². The largest absolute Gasteiger partial charge is 0.411 e. The molecule has 3 rings (SSSR count). The van der Waals surface area contributed by atoms with E-state index in [2.05, 4.69) is 15.4 Å². The molecule has 3 atom stereocenters. The molecule has 16 heavy (non-hydrogen) atoms. The fourth-order valence-electron chi connectivity index (χ4n) is 2.76. The number of aryl methyl sites for hydroxylation is 1. The zero-order chi connectivity index (χ0) is 11.1. The number of rotatable bonds is 2. The first-order valence-electron chi connectivity index (χ1n) is 5.46. The second kappa shape index (κ2) is 4.00. The predicted octanol–water partition coefficient (Wildman–Crippen LogP) is 2.57. The van der Waals surface area contributed by atoms with Crippen LogP contribution in [0.4, 0.5) is 0 Å². The van der Waals surface area contributed by atoms with Crippen LogP contribution in [0.5, 0.6) is 0 Å². The molecule has 2 saturated carbocycles. The summed E-state index contributed by atoms with van der Waals surface area (Å²) in [4.78, 5) is 0. The van der Waals surface area contributed by atoms with Crippen LogP contribution >= 0.6 is 23.1 Å². The molecule has 0 radical (unpaired) electrons. The molecule has 3 unspecified atom stereocenters. The highest BCUT2D eigenvalue weighted by Gasteiger charge is 2.46. The number of fused-ring (bicyclic) bond motifs is 2. The first-order chi connectivity index (χ1) is 7.78. The fourth-order valence-corrected chi connectivity index (χ4v) is 5.15. The molecule has 0 aliphatic heterocycles. The smallest absolute Gasteiger partial charge is 0.174 e. The second-order valence-electron chi connectivity index (χ2n) is 4.42. The molecule has 2 aliphatic rings. The van der Waals surface area contributed by atoms with Gasteiger partial charge in [0.05, 0.1) is 11.0 Å². The van der Waals surface area contributed by atoms with Crippen LogP contribution in [-0.4, -0.2) is 26.4 Å². The zero-order valence-electron chi connectivity index (χ0n) is 8.96. The minimum absolute atomic E-state index is 0.330. The average molecular weight is 255 g/mol. The molecule has 1 aromatic rings. The van der Waals surface area contributed by atoms with Crippen molar-refractivity contribution >= 4 is 28.8 Å². The Morgan fingerprint density at radius 2 is 2.31 bits per heavy atom. The van der Waals surface area contributed by atoms with Gasteiger partial charge in [0, 0.05) is 5.92 Å². The van der Waals surface area contributed by atoms with Gasteiger partial charge in [0.25, 0.3) is 0 Å². The number of hydrogen-bond donors (Lipinski definition) is 1. The highest BCUT2D eigenvalue weighted by molar-refractivity contribution is 8.02. The van der Waals surface area contributed by atoms with Crippen LogP contribution in [0.15, 0.2) is 9.50 Å². The molecule has 2 fully saturated rings. The third-order valence-electron chi connectivity index (χ3n) is 3.46. The van der Waals surface area contributed by atoms with E-state index in [4.69, 9.17) is 5.21 Å². The van der Waals surface area contributed by atoms with Gasteiger partial charge in [-0.05, 0) is 32.1 Å². The summed E-state index contributed by atoms with van der Waals surface area (Å²) < 4.78 is 0.996. The van der Waals surface area contributed by atoms with Crippen molar-refractivity contribution in [2.24, 2.45) is 17.0 Å². The molecule has 0 saturated heterocycles. The van der Waals surface area contributed by atoms with Crippen molar-refractivity contribution in [1.29, 1.82) is 0 Å². The number of thioether (sulfide) groups is 1. The average Bonchev–Trinajstić information content (AvgIpc) is 2.94. The molecular weight excluding hydrogens is 242 g/mol. The van der Waals surface area contributed by atoms with E-state index in [-0.39, 0.29) is 0 Å². The topological polar surface area (TPSA) is 58.4 Å². The molecule has 1 N–H and O–H groups in total. The highest BCUT2D eigenvalue weighted by Crippen LogP contribution is 2.49. The van der Waals surface area contributed by atoms with E-state index < -0.39 is 0 Å². The summed E-state index contributed by atoms with van der Waals surface area (Å²) in [5, 5.41) is 22.1. The number of nitrogens with zero attached hydrogens (tertiary/aromatic N) is 3. The molecule has 0 spiro atoms. The normalized spacial score (nSPS) is 35.1. The monoisotopic (exact) mass is 255 g/mol. The Kier molecular flexibility index (Phi) is 2.63. The lowest BCUT2D eigenvalue weighted by molar-refractivity contribution is 0.314. The minimum Gasteiger partial charge on any atom is -0.411 e. The lowest BCUT2D eigenvalue weighted by Crippen LogP contribution is -2.24. The summed E-state index contributed by atoms with van der Waals surface area (Å²) in [5.74, 6) is 1.19. The summed E-state index contributed by atoms with van der Waals surface area (Å²) >= 11 is 3.34. The predicted molar refractivity (Wildman–Crippen MR) is 64.3 cm³/mol. The van der Waals surface area contributed by atoms with Crippen LogP contribution in [0.2, 0.25) is 0 Å². The van der Waals surface area contributed by atoms with Gasteiger partial charge >= 0.3 is 0 Å². The summed E-state index contributed by atoms with van der Waals surface area (Å²) in [6.45, 7) is 1.96. The lowest BCUT2D eigenvalue weighted by atomic mass is 9.98. The molecule has 0 amide bonds. The molecule has 0 aromatic carbocycles. The van der Waals surface area contributed by atoms with E-state index in [9.17, 15) is 0 Å². The van der Waals surface area contributed by atoms with Crippen molar-refractivity contribution < 1.29 is 5.21 Å². The summed E-state index contributed by atoms with van der Waals surface area (Å²) in [6, 6.07) is 0. The summed E-state index contributed by atoms with van der Waals surface area (Å²) in [5.41, 5.74) is 0.981. The van der Waals surface area contributed by atoms with Gasteiger partial charge in [0.2, 0.25) is 0 Å². The van der Waals surface area contributed by atoms with E-state index in [1.54, 1.807) is 23.1 Å². The summed E-state index contributed by atoms with van der Waals surface area (Å²) in [6.07, 6.45) is 3.64. The van der Waals surface area contributed by atoms with Crippen LogP contribution in [0, 0.1) is 18.8 Å². The van der Waals surface area contributed by atoms with E-state index in [0.717, 1.165) is 15.1 Å². The first-order valence-corrected chi connectivity index (χ1v) is 7.16. The van der Waals surface area contributed by atoms with Gasteiger partial charge in [0.15, 0.2) is 4.34 Å². The van der Waals surface area contributed by atoms with Gasteiger partial charge in [-0.15, -0.1) is 10.2 Å². The van der Waals surface area contributed by atoms with E-state index in [0.29, 0.717) is 17.1 Å². The summed E-state index contributed by atoms with van der Waals surface area (Å²) in [7, 11) is 0. The SMILES string of the molecule is Cc1nnc(SC2/C(=N\O)C3CCC2C3)s1. The first kappa shape index (κ1) is 10.5. The fraction of sp³-hybridized carbons (Fsp3) is 0.700. The zero-order valence-corrected chi connectivity index (χ0v) is 10.6. The molecule has 4 nitrogen and oxygen atoms in total. The second-order valence-corrected chi connectivity index (χ2v) is 6.99. The molecule has 2 bridgehead atoms. The van der Waals surface area contributed by atoms with Crippen molar-refractivity contribution in [1.82, 2.24) is 10.2 Å². The van der Waals surface area contributed by atoms with Crippen molar-refractivity contribution in [2.45, 2.75) is 35.8 Å². The third-order valence-corrected chi connectivity index (χ3v) is 5.80. The van der Waals surface area contributed by atoms with E-state index in [1.165, 1.54) is 19.3 Å². The maximum atomic E-state index is 9.08. The van der Waals surface area contributed by atoms with E-state index in [1.807, 2.05) is 6.92 Å². The van der Waals surface area contributed by atoms with Crippen LogP contribution in [0.25, 0.3) is 0 Å². The Balaban J connectivity index is 1.80. The van der Waals surface area contributed by atoms with Crippen molar-refractivity contribution in [3.8, 4) is 0 Å². The molecule has 86 valence electrons. The van der Waals surface area contributed by atoms with E-state index >= 15 is 0 Å². The number of aromatic nitrogens is 2. The Bertz CT molecular complexity index is 431. The molecular formula is C10H13N3OS2. The van der Waals surface area contributed by atoms with Crippen LogP contribution in [0.1, 0.15) is 24.3 Å². The number of hydrogen-bond acceptors (Lipinski definition) is 6. The van der Waals surface area contributed by atoms with Gasteiger partial charge in [0.1, 0.15) is 5.01 Å². The maximum Gasteiger partial charge on any atom is 0.174 e.